The van der Waals surface area contributed by atoms with Crippen molar-refractivity contribution in [1.29, 1.82) is 0 Å². The van der Waals surface area contributed by atoms with Crippen LogP contribution in [0.4, 0.5) is 22.9 Å². The number of rotatable bonds is 5. The van der Waals surface area contributed by atoms with Gasteiger partial charge in [-0.25, -0.2) is 14.8 Å². The maximum absolute atomic E-state index is 11.4. The summed E-state index contributed by atoms with van der Waals surface area (Å²) in [5.74, 6) is 0.841. The molecule has 0 atom stereocenters. The SMILES string of the molecule is [C-]#[N+]c1cnn(-c2ncccn2)c1/N=N/c1c(C)nn2nc(-c3cccc(NC(C)=O)c3)[nH]c12. The maximum Gasteiger partial charge on any atom is 0.252 e. The van der Waals surface area contributed by atoms with Crippen molar-refractivity contribution < 1.29 is 4.79 Å². The quantitative estimate of drug-likeness (QED) is 0.305. The molecule has 34 heavy (non-hydrogen) atoms. The van der Waals surface area contributed by atoms with Gasteiger partial charge in [0.15, 0.2) is 23.0 Å². The van der Waals surface area contributed by atoms with Gasteiger partial charge in [-0.1, -0.05) is 12.1 Å². The number of amides is 1. The summed E-state index contributed by atoms with van der Waals surface area (Å²) in [4.78, 5) is 26.3. The van der Waals surface area contributed by atoms with Crippen LogP contribution >= 0.6 is 0 Å². The number of aromatic amines is 1. The number of hydrogen-bond donors (Lipinski definition) is 2. The van der Waals surface area contributed by atoms with Crippen LogP contribution in [0.5, 0.6) is 0 Å². The number of carbonyl (C=O) groups is 1. The lowest BCUT2D eigenvalue weighted by atomic mass is 10.2. The molecule has 1 aromatic carbocycles. The first-order valence-corrected chi connectivity index (χ1v) is 10.0. The highest BCUT2D eigenvalue weighted by Gasteiger charge is 2.17. The lowest BCUT2D eigenvalue weighted by Crippen LogP contribution is -2.05. The average molecular weight is 452 g/mol. The molecule has 0 radical (unpaired) electrons. The summed E-state index contributed by atoms with van der Waals surface area (Å²) >= 11 is 0. The fraction of sp³-hybridized carbons (Fsp3) is 0.0952. The standard InChI is InChI=1S/C21H16N12O/c1-12-17(28-29-19-16(22-3)11-25-32(19)21-23-8-5-9-24-21)20-27-18(31-33(20)30-12)14-6-4-7-15(10-14)26-13(2)34/h4-11H,1-2H3,(H,26,34)(H,27,31)/b29-28+. The minimum atomic E-state index is -0.163. The minimum Gasteiger partial charge on any atom is -0.326 e. The maximum atomic E-state index is 11.4. The number of fused-ring (bicyclic) bond motifs is 1. The normalized spacial score (nSPS) is 11.2. The highest BCUT2D eigenvalue weighted by molar-refractivity contribution is 5.89. The molecule has 0 aliphatic heterocycles. The van der Waals surface area contributed by atoms with Crippen LogP contribution in [0.3, 0.4) is 0 Å². The molecule has 0 aliphatic rings. The van der Waals surface area contributed by atoms with Crippen LogP contribution in [-0.2, 0) is 4.79 Å². The Bertz CT molecular complexity index is 1590. The topological polar surface area (TPSA) is 148 Å². The highest BCUT2D eigenvalue weighted by atomic mass is 16.1. The molecule has 4 aromatic heterocycles. The minimum absolute atomic E-state index is 0.163. The van der Waals surface area contributed by atoms with Crippen LogP contribution in [0, 0.1) is 13.5 Å². The first kappa shape index (κ1) is 20.6. The Hall–Kier alpha value is -5.25. The van der Waals surface area contributed by atoms with Gasteiger partial charge in [-0.2, -0.15) is 14.9 Å². The predicted octanol–water partition coefficient (Wildman–Crippen LogP) is 3.93. The summed E-state index contributed by atoms with van der Waals surface area (Å²) < 4.78 is 2.77. The van der Waals surface area contributed by atoms with Gasteiger partial charge in [0, 0.05) is 30.6 Å². The van der Waals surface area contributed by atoms with E-state index >= 15 is 0 Å². The number of carbonyl (C=O) groups excluding carboxylic acids is 1. The molecule has 0 bridgehead atoms. The number of nitrogens with one attached hydrogen (secondary N) is 2. The fourth-order valence-electron chi connectivity index (χ4n) is 3.27. The summed E-state index contributed by atoms with van der Waals surface area (Å²) in [6.07, 6.45) is 4.52. The van der Waals surface area contributed by atoms with E-state index in [9.17, 15) is 4.79 Å². The van der Waals surface area contributed by atoms with Crippen molar-refractivity contribution in [3.8, 4) is 17.3 Å². The average Bonchev–Trinajstić information content (AvgIpc) is 3.51. The lowest BCUT2D eigenvalue weighted by Gasteiger charge is -2.03. The van der Waals surface area contributed by atoms with E-state index in [1.54, 1.807) is 37.5 Å². The molecule has 5 aromatic rings. The number of aryl methyl sites for hydroxylation is 1. The first-order valence-electron chi connectivity index (χ1n) is 10.0. The molecule has 1 amide bonds. The van der Waals surface area contributed by atoms with E-state index in [1.807, 2.05) is 12.1 Å². The molecular weight excluding hydrogens is 436 g/mol. The molecule has 166 valence electrons. The third kappa shape index (κ3) is 3.75. The van der Waals surface area contributed by atoms with E-state index < -0.39 is 0 Å². The summed E-state index contributed by atoms with van der Waals surface area (Å²) in [6, 6.07) is 8.94. The molecule has 0 unspecified atom stereocenters. The van der Waals surface area contributed by atoms with Gasteiger partial charge in [0.05, 0.1) is 18.5 Å². The number of anilines is 1. The monoisotopic (exact) mass is 452 g/mol. The summed E-state index contributed by atoms with van der Waals surface area (Å²) in [5.41, 5.74) is 3.18. The highest BCUT2D eigenvalue weighted by Crippen LogP contribution is 2.33. The van der Waals surface area contributed by atoms with Gasteiger partial charge in [-0.05, 0) is 25.1 Å². The number of azo groups is 1. The molecule has 0 spiro atoms. The Morgan fingerprint density at radius 3 is 2.76 bits per heavy atom. The molecule has 0 aliphatic carbocycles. The van der Waals surface area contributed by atoms with Gasteiger partial charge in [-0.3, -0.25) is 4.79 Å². The van der Waals surface area contributed by atoms with E-state index in [1.165, 1.54) is 22.4 Å². The molecule has 0 fully saturated rings. The molecule has 13 heteroatoms. The molecule has 2 N–H and O–H groups in total. The molecule has 13 nitrogen and oxygen atoms in total. The van der Waals surface area contributed by atoms with Gasteiger partial charge >= 0.3 is 0 Å². The van der Waals surface area contributed by atoms with Crippen LogP contribution < -0.4 is 5.32 Å². The number of nitrogens with zero attached hydrogens (tertiary/aromatic N) is 10. The van der Waals surface area contributed by atoms with Gasteiger partial charge in [0.25, 0.3) is 11.6 Å². The molecule has 0 saturated heterocycles. The second kappa shape index (κ2) is 8.36. The van der Waals surface area contributed by atoms with Crippen molar-refractivity contribution in [2.75, 3.05) is 5.32 Å². The third-order valence-corrected chi connectivity index (χ3v) is 4.73. The molecule has 0 saturated carbocycles. The van der Waals surface area contributed by atoms with Crippen LogP contribution in [0.15, 0.2) is 59.2 Å². The molecule has 5 rings (SSSR count). The molecular formula is C21H16N12O. The zero-order valence-electron chi connectivity index (χ0n) is 18.0. The summed E-state index contributed by atoms with van der Waals surface area (Å²) in [5, 5.41) is 24.4. The fourth-order valence-corrected chi connectivity index (χ4v) is 3.27. The number of benzene rings is 1. The van der Waals surface area contributed by atoms with Crippen molar-refractivity contribution >= 4 is 34.4 Å². The van der Waals surface area contributed by atoms with E-state index in [4.69, 9.17) is 6.57 Å². The van der Waals surface area contributed by atoms with E-state index in [0.717, 1.165) is 5.56 Å². The van der Waals surface area contributed by atoms with E-state index in [-0.39, 0.29) is 23.4 Å². The number of aromatic nitrogens is 8. The van der Waals surface area contributed by atoms with Crippen molar-refractivity contribution in [2.24, 2.45) is 10.2 Å². The van der Waals surface area contributed by atoms with Crippen LogP contribution in [0.1, 0.15) is 12.6 Å². The van der Waals surface area contributed by atoms with Crippen LogP contribution in [0.2, 0.25) is 0 Å². The van der Waals surface area contributed by atoms with E-state index in [0.29, 0.717) is 28.5 Å². The van der Waals surface area contributed by atoms with Crippen molar-refractivity contribution in [3.05, 3.63) is 66.0 Å². The second-order valence-corrected chi connectivity index (χ2v) is 7.13. The Labute approximate surface area is 192 Å². The first-order chi connectivity index (χ1) is 16.5. The van der Waals surface area contributed by atoms with Crippen molar-refractivity contribution in [3.63, 3.8) is 0 Å². The van der Waals surface area contributed by atoms with E-state index in [2.05, 4.69) is 50.6 Å². The van der Waals surface area contributed by atoms with Gasteiger partial charge in [0.2, 0.25) is 5.91 Å². The zero-order valence-corrected chi connectivity index (χ0v) is 18.0. The van der Waals surface area contributed by atoms with Gasteiger partial charge in [0.1, 0.15) is 0 Å². The van der Waals surface area contributed by atoms with Crippen LogP contribution in [0.25, 0.3) is 27.8 Å². The Kier molecular flexibility index (Phi) is 5.07. The molecule has 4 heterocycles. The largest absolute Gasteiger partial charge is 0.326 e. The predicted molar refractivity (Wildman–Crippen MR) is 121 cm³/mol. The van der Waals surface area contributed by atoms with Gasteiger partial charge in [-0.15, -0.1) is 20.0 Å². The summed E-state index contributed by atoms with van der Waals surface area (Å²) in [7, 11) is 0. The summed E-state index contributed by atoms with van der Waals surface area (Å²) in [6.45, 7) is 10.6. The third-order valence-electron chi connectivity index (χ3n) is 4.73. The Balaban J connectivity index is 1.54. The van der Waals surface area contributed by atoms with Gasteiger partial charge < -0.3 is 10.3 Å². The van der Waals surface area contributed by atoms with Crippen LogP contribution in [-0.4, -0.2) is 45.5 Å². The van der Waals surface area contributed by atoms with Crippen molar-refractivity contribution in [2.45, 2.75) is 13.8 Å². The van der Waals surface area contributed by atoms with Crippen molar-refractivity contribution in [1.82, 2.24) is 39.6 Å². The Morgan fingerprint density at radius 1 is 1.18 bits per heavy atom. The second-order valence-electron chi connectivity index (χ2n) is 7.13. The zero-order chi connectivity index (χ0) is 23.7. The Morgan fingerprint density at radius 2 is 2.00 bits per heavy atom. The lowest BCUT2D eigenvalue weighted by molar-refractivity contribution is -0.114. The number of H-pyrrole nitrogens is 1. The number of hydrogen-bond acceptors (Lipinski definition) is 8. The smallest absolute Gasteiger partial charge is 0.252 e.